The third kappa shape index (κ3) is 3.49. The van der Waals surface area contributed by atoms with Gasteiger partial charge in [0.15, 0.2) is 0 Å². The molecule has 0 atom stereocenters. The molecule has 1 saturated heterocycles. The van der Waals surface area contributed by atoms with Crippen molar-refractivity contribution in [2.24, 2.45) is 0 Å². The first-order chi connectivity index (χ1) is 10.8. The lowest BCUT2D eigenvalue weighted by Crippen LogP contribution is -2.46. The fourth-order valence-corrected chi connectivity index (χ4v) is 3.14. The van der Waals surface area contributed by atoms with Gasteiger partial charge in [-0.3, -0.25) is 4.90 Å². The lowest BCUT2D eigenvalue weighted by molar-refractivity contribution is 0.250. The average molecular weight is 356 g/mol. The highest BCUT2D eigenvalue weighted by atomic mass is 79.9. The van der Waals surface area contributed by atoms with E-state index in [9.17, 15) is 0 Å². The maximum atomic E-state index is 9.14. The van der Waals surface area contributed by atoms with Gasteiger partial charge in [0.05, 0.1) is 5.56 Å². The van der Waals surface area contributed by atoms with E-state index in [2.05, 4.69) is 68.2 Å². The Morgan fingerprint density at radius 2 is 1.73 bits per heavy atom. The second-order valence-electron chi connectivity index (χ2n) is 5.52. The Labute approximate surface area is 139 Å². The third-order valence-electron chi connectivity index (χ3n) is 4.06. The Morgan fingerprint density at radius 3 is 2.41 bits per heavy atom. The molecular formula is C18H18BrN3. The van der Waals surface area contributed by atoms with E-state index in [1.54, 1.807) is 0 Å². The zero-order valence-corrected chi connectivity index (χ0v) is 14.0. The second kappa shape index (κ2) is 6.95. The van der Waals surface area contributed by atoms with Gasteiger partial charge in [-0.05, 0) is 39.7 Å². The van der Waals surface area contributed by atoms with Crippen molar-refractivity contribution in [3.63, 3.8) is 0 Å². The van der Waals surface area contributed by atoms with Crippen LogP contribution in [0, 0.1) is 11.3 Å². The molecular weight excluding hydrogens is 338 g/mol. The summed E-state index contributed by atoms with van der Waals surface area (Å²) in [6, 6.07) is 18.9. The minimum absolute atomic E-state index is 0.698. The van der Waals surface area contributed by atoms with Crippen molar-refractivity contribution in [3.8, 4) is 6.07 Å². The molecule has 1 heterocycles. The topological polar surface area (TPSA) is 30.3 Å². The van der Waals surface area contributed by atoms with Gasteiger partial charge in [-0.15, -0.1) is 0 Å². The Balaban J connectivity index is 1.61. The summed E-state index contributed by atoms with van der Waals surface area (Å²) >= 11 is 3.41. The minimum Gasteiger partial charge on any atom is -0.369 e. The largest absolute Gasteiger partial charge is 0.369 e. The number of anilines is 1. The first kappa shape index (κ1) is 15.1. The highest BCUT2D eigenvalue weighted by Gasteiger charge is 2.17. The number of hydrogen-bond donors (Lipinski definition) is 0. The Hall–Kier alpha value is -1.83. The summed E-state index contributed by atoms with van der Waals surface area (Å²) in [5, 5.41) is 9.14. The summed E-state index contributed by atoms with van der Waals surface area (Å²) in [5.74, 6) is 0. The van der Waals surface area contributed by atoms with E-state index in [0.29, 0.717) is 5.56 Å². The molecule has 1 aliphatic heterocycles. The lowest BCUT2D eigenvalue weighted by atomic mass is 10.1. The van der Waals surface area contributed by atoms with E-state index in [1.807, 2.05) is 12.1 Å². The molecule has 1 aliphatic rings. The van der Waals surface area contributed by atoms with Gasteiger partial charge in [0, 0.05) is 42.9 Å². The summed E-state index contributed by atoms with van der Waals surface area (Å²) in [5.41, 5.74) is 3.20. The molecule has 0 amide bonds. The minimum atomic E-state index is 0.698. The first-order valence-electron chi connectivity index (χ1n) is 7.47. The molecule has 22 heavy (non-hydrogen) atoms. The molecule has 0 saturated carbocycles. The summed E-state index contributed by atoms with van der Waals surface area (Å²) in [6.07, 6.45) is 0. The molecule has 4 heteroatoms. The average Bonchev–Trinajstić information content (AvgIpc) is 2.57. The van der Waals surface area contributed by atoms with Crippen LogP contribution in [-0.2, 0) is 6.54 Å². The van der Waals surface area contributed by atoms with Crippen LogP contribution < -0.4 is 4.90 Å². The molecule has 0 aliphatic carbocycles. The Morgan fingerprint density at radius 1 is 1.00 bits per heavy atom. The van der Waals surface area contributed by atoms with E-state index < -0.39 is 0 Å². The van der Waals surface area contributed by atoms with Gasteiger partial charge in [-0.25, -0.2) is 0 Å². The SMILES string of the molecule is N#Cc1cc(N2CCN(Cc3ccccc3)CC2)ccc1Br. The second-order valence-corrected chi connectivity index (χ2v) is 6.38. The summed E-state index contributed by atoms with van der Waals surface area (Å²) in [7, 11) is 0. The molecule has 0 bridgehead atoms. The van der Waals surface area contributed by atoms with Crippen LogP contribution in [0.1, 0.15) is 11.1 Å². The molecule has 1 fully saturated rings. The summed E-state index contributed by atoms with van der Waals surface area (Å²) in [4.78, 5) is 4.84. The van der Waals surface area contributed by atoms with Crippen molar-refractivity contribution in [2.45, 2.75) is 6.54 Å². The van der Waals surface area contributed by atoms with Crippen molar-refractivity contribution in [2.75, 3.05) is 31.1 Å². The molecule has 2 aromatic carbocycles. The van der Waals surface area contributed by atoms with Gasteiger partial charge < -0.3 is 4.90 Å². The molecule has 0 spiro atoms. The molecule has 112 valence electrons. The Kier molecular flexibility index (Phi) is 4.77. The Bertz CT molecular complexity index is 670. The molecule has 0 radical (unpaired) electrons. The van der Waals surface area contributed by atoms with Crippen LogP contribution in [0.2, 0.25) is 0 Å². The third-order valence-corrected chi connectivity index (χ3v) is 4.75. The predicted octanol–water partition coefficient (Wildman–Crippen LogP) is 3.64. The van der Waals surface area contributed by atoms with Crippen molar-refractivity contribution in [3.05, 3.63) is 64.1 Å². The van der Waals surface area contributed by atoms with Crippen molar-refractivity contribution in [1.82, 2.24) is 4.90 Å². The van der Waals surface area contributed by atoms with Crippen molar-refractivity contribution < 1.29 is 0 Å². The van der Waals surface area contributed by atoms with Gasteiger partial charge in [-0.1, -0.05) is 30.3 Å². The van der Waals surface area contributed by atoms with E-state index in [4.69, 9.17) is 5.26 Å². The molecule has 0 aromatic heterocycles. The maximum absolute atomic E-state index is 9.14. The number of benzene rings is 2. The number of piperazine rings is 1. The molecule has 3 rings (SSSR count). The number of nitrogens with zero attached hydrogens (tertiary/aromatic N) is 3. The molecule has 2 aromatic rings. The first-order valence-corrected chi connectivity index (χ1v) is 8.26. The van der Waals surface area contributed by atoms with E-state index in [0.717, 1.165) is 42.9 Å². The fourth-order valence-electron chi connectivity index (χ4n) is 2.80. The fraction of sp³-hybridized carbons (Fsp3) is 0.278. The van der Waals surface area contributed by atoms with Gasteiger partial charge in [0.2, 0.25) is 0 Å². The summed E-state index contributed by atoms with van der Waals surface area (Å²) in [6.45, 7) is 5.11. The van der Waals surface area contributed by atoms with E-state index in [-0.39, 0.29) is 0 Å². The van der Waals surface area contributed by atoms with Gasteiger partial charge in [0.25, 0.3) is 0 Å². The van der Waals surface area contributed by atoms with Crippen LogP contribution in [0.25, 0.3) is 0 Å². The lowest BCUT2D eigenvalue weighted by Gasteiger charge is -2.36. The summed E-state index contributed by atoms with van der Waals surface area (Å²) < 4.78 is 0.862. The maximum Gasteiger partial charge on any atom is 0.100 e. The van der Waals surface area contributed by atoms with Crippen molar-refractivity contribution >= 4 is 21.6 Å². The number of halogens is 1. The highest BCUT2D eigenvalue weighted by molar-refractivity contribution is 9.10. The number of nitriles is 1. The van der Waals surface area contributed by atoms with Gasteiger partial charge in [-0.2, -0.15) is 5.26 Å². The van der Waals surface area contributed by atoms with Gasteiger partial charge in [0.1, 0.15) is 6.07 Å². The van der Waals surface area contributed by atoms with Crippen LogP contribution in [0.5, 0.6) is 0 Å². The molecule has 0 N–H and O–H groups in total. The number of hydrogen-bond acceptors (Lipinski definition) is 3. The van der Waals surface area contributed by atoms with E-state index in [1.165, 1.54) is 5.56 Å². The highest BCUT2D eigenvalue weighted by Crippen LogP contribution is 2.24. The van der Waals surface area contributed by atoms with Crippen LogP contribution >= 0.6 is 15.9 Å². The van der Waals surface area contributed by atoms with Crippen molar-refractivity contribution in [1.29, 1.82) is 5.26 Å². The van der Waals surface area contributed by atoms with Crippen LogP contribution in [-0.4, -0.2) is 31.1 Å². The molecule has 0 unspecified atom stereocenters. The normalized spacial score (nSPS) is 15.5. The van der Waals surface area contributed by atoms with Crippen LogP contribution in [0.15, 0.2) is 53.0 Å². The van der Waals surface area contributed by atoms with Crippen LogP contribution in [0.3, 0.4) is 0 Å². The number of rotatable bonds is 3. The quantitative estimate of drug-likeness (QED) is 0.841. The monoisotopic (exact) mass is 355 g/mol. The van der Waals surface area contributed by atoms with Crippen LogP contribution in [0.4, 0.5) is 5.69 Å². The predicted molar refractivity (Wildman–Crippen MR) is 92.8 cm³/mol. The zero-order chi connectivity index (χ0) is 15.4. The van der Waals surface area contributed by atoms with E-state index >= 15 is 0 Å². The smallest absolute Gasteiger partial charge is 0.100 e. The van der Waals surface area contributed by atoms with Gasteiger partial charge >= 0.3 is 0 Å². The standard InChI is InChI=1S/C18H18BrN3/c19-18-7-6-17(12-16(18)13-20)22-10-8-21(9-11-22)14-15-4-2-1-3-5-15/h1-7,12H,8-11,14H2. The zero-order valence-electron chi connectivity index (χ0n) is 12.4. The molecule has 3 nitrogen and oxygen atoms in total.